The Balaban J connectivity index is 1.29. The number of thiophene rings is 1. The van der Waals surface area contributed by atoms with E-state index in [9.17, 15) is 27.6 Å². The summed E-state index contributed by atoms with van der Waals surface area (Å²) >= 11 is 13.6. The fourth-order valence-electron chi connectivity index (χ4n) is 6.20. The SMILES string of the molecule is O=C(c1ccc(Cl)cc1)c1c(N2C(=O)c3ccccc3C2=O)sc(-c2ccc(Cl)cc2)c1CN1CCN(c2ccc(C(F)(F)F)cc2)CC1. The van der Waals surface area contributed by atoms with E-state index >= 15 is 0 Å². The van der Waals surface area contributed by atoms with Crippen molar-refractivity contribution < 1.29 is 27.6 Å². The van der Waals surface area contributed by atoms with Gasteiger partial charge in [0.25, 0.3) is 11.8 Å². The van der Waals surface area contributed by atoms with Crippen molar-refractivity contribution in [1.82, 2.24) is 4.90 Å². The third-order valence-corrected chi connectivity index (χ3v) is 10.5. The number of imide groups is 1. The zero-order valence-corrected chi connectivity index (χ0v) is 28.0. The maximum atomic E-state index is 14.5. The summed E-state index contributed by atoms with van der Waals surface area (Å²) in [5, 5.41) is 1.21. The molecule has 248 valence electrons. The van der Waals surface area contributed by atoms with Crippen molar-refractivity contribution in [2.24, 2.45) is 0 Å². The van der Waals surface area contributed by atoms with Crippen LogP contribution < -0.4 is 9.80 Å². The van der Waals surface area contributed by atoms with Gasteiger partial charge in [-0.1, -0.05) is 47.5 Å². The van der Waals surface area contributed by atoms with Crippen LogP contribution in [0, 0.1) is 0 Å². The van der Waals surface area contributed by atoms with Gasteiger partial charge in [0.05, 0.1) is 22.3 Å². The van der Waals surface area contributed by atoms with Crippen molar-refractivity contribution >= 4 is 62.8 Å². The third-order valence-electron chi connectivity index (χ3n) is 8.74. The minimum absolute atomic E-state index is 0.231. The highest BCUT2D eigenvalue weighted by Gasteiger charge is 2.41. The summed E-state index contributed by atoms with van der Waals surface area (Å²) in [5.74, 6) is -1.38. The van der Waals surface area contributed by atoms with Crippen molar-refractivity contribution in [2.75, 3.05) is 36.0 Å². The van der Waals surface area contributed by atoms with Gasteiger partial charge in [0, 0.05) is 58.9 Å². The number of piperazine rings is 1. The molecule has 1 fully saturated rings. The first kappa shape index (κ1) is 33.0. The molecule has 2 amide bonds. The number of halogens is 5. The molecule has 0 saturated carbocycles. The van der Waals surface area contributed by atoms with Gasteiger partial charge < -0.3 is 4.90 Å². The Kier molecular flexibility index (Phi) is 8.83. The smallest absolute Gasteiger partial charge is 0.369 e. The first-order valence-electron chi connectivity index (χ1n) is 15.3. The number of anilines is 2. The van der Waals surface area contributed by atoms with Crippen LogP contribution in [0.25, 0.3) is 10.4 Å². The Labute approximate surface area is 293 Å². The summed E-state index contributed by atoms with van der Waals surface area (Å²) in [7, 11) is 0. The Morgan fingerprint density at radius 2 is 1.29 bits per heavy atom. The molecule has 0 unspecified atom stereocenters. The summed E-state index contributed by atoms with van der Waals surface area (Å²) in [6.07, 6.45) is -4.41. The van der Waals surface area contributed by atoms with Crippen molar-refractivity contribution in [3.05, 3.63) is 140 Å². The second kappa shape index (κ2) is 13.1. The average molecular weight is 721 g/mol. The van der Waals surface area contributed by atoms with Crippen LogP contribution in [0.5, 0.6) is 0 Å². The number of nitrogens with zero attached hydrogens (tertiary/aromatic N) is 3. The second-order valence-electron chi connectivity index (χ2n) is 11.7. The third kappa shape index (κ3) is 6.37. The molecular formula is C37H26Cl2F3N3O3S. The average Bonchev–Trinajstić information content (AvgIpc) is 3.58. The van der Waals surface area contributed by atoms with Gasteiger partial charge in [-0.05, 0) is 83.9 Å². The zero-order valence-electron chi connectivity index (χ0n) is 25.6. The van der Waals surface area contributed by atoms with Crippen LogP contribution in [-0.2, 0) is 12.7 Å². The van der Waals surface area contributed by atoms with Crippen LogP contribution in [-0.4, -0.2) is 48.7 Å². The highest BCUT2D eigenvalue weighted by atomic mass is 35.5. The van der Waals surface area contributed by atoms with E-state index in [1.807, 2.05) is 17.0 Å². The van der Waals surface area contributed by atoms with E-state index < -0.39 is 23.6 Å². The van der Waals surface area contributed by atoms with Crippen LogP contribution in [0.1, 0.15) is 47.8 Å². The lowest BCUT2D eigenvalue weighted by Crippen LogP contribution is -2.46. The molecule has 0 aliphatic carbocycles. The number of amides is 2. The van der Waals surface area contributed by atoms with Crippen LogP contribution in [0.2, 0.25) is 10.0 Å². The molecule has 1 saturated heterocycles. The van der Waals surface area contributed by atoms with Crippen molar-refractivity contribution in [3.8, 4) is 10.4 Å². The van der Waals surface area contributed by atoms with Gasteiger partial charge in [0.1, 0.15) is 5.00 Å². The number of alkyl halides is 3. The van der Waals surface area contributed by atoms with E-state index in [0.29, 0.717) is 64.5 Å². The minimum Gasteiger partial charge on any atom is -0.369 e. The molecule has 0 spiro atoms. The van der Waals surface area contributed by atoms with Gasteiger partial charge in [-0.2, -0.15) is 13.2 Å². The molecule has 2 aliphatic heterocycles. The summed E-state index contributed by atoms with van der Waals surface area (Å²) in [6, 6.07) is 25.3. The summed E-state index contributed by atoms with van der Waals surface area (Å²) in [4.78, 5) is 48.1. The molecule has 0 atom stereocenters. The van der Waals surface area contributed by atoms with Gasteiger partial charge in [-0.3, -0.25) is 19.3 Å². The van der Waals surface area contributed by atoms with E-state index in [-0.39, 0.29) is 27.5 Å². The molecule has 6 nitrogen and oxygen atoms in total. The van der Waals surface area contributed by atoms with Crippen LogP contribution in [0.3, 0.4) is 0 Å². The van der Waals surface area contributed by atoms with Gasteiger partial charge in [0.15, 0.2) is 5.78 Å². The maximum Gasteiger partial charge on any atom is 0.416 e. The lowest BCUT2D eigenvalue weighted by atomic mass is 9.97. The Morgan fingerprint density at radius 1 is 0.735 bits per heavy atom. The van der Waals surface area contributed by atoms with E-state index in [2.05, 4.69) is 4.90 Å². The lowest BCUT2D eigenvalue weighted by Gasteiger charge is -2.36. The van der Waals surface area contributed by atoms with E-state index in [1.165, 1.54) is 23.5 Å². The predicted octanol–water partition coefficient (Wildman–Crippen LogP) is 9.09. The maximum absolute atomic E-state index is 14.5. The van der Waals surface area contributed by atoms with Crippen molar-refractivity contribution in [1.29, 1.82) is 0 Å². The summed E-state index contributed by atoms with van der Waals surface area (Å²) in [5.41, 5.74) is 2.53. The molecule has 7 rings (SSSR count). The fourth-order valence-corrected chi connectivity index (χ4v) is 7.76. The molecule has 12 heteroatoms. The number of benzene rings is 4. The quantitative estimate of drug-likeness (QED) is 0.124. The highest BCUT2D eigenvalue weighted by Crippen LogP contribution is 2.46. The number of carbonyl (C=O) groups is 3. The minimum atomic E-state index is -4.41. The Bertz CT molecular complexity index is 2040. The normalized spacial score (nSPS) is 15.2. The molecule has 0 bridgehead atoms. The molecule has 1 aromatic heterocycles. The molecule has 49 heavy (non-hydrogen) atoms. The van der Waals surface area contributed by atoms with Crippen LogP contribution >= 0.6 is 34.5 Å². The highest BCUT2D eigenvalue weighted by molar-refractivity contribution is 7.20. The largest absolute Gasteiger partial charge is 0.416 e. The number of ketones is 1. The van der Waals surface area contributed by atoms with Crippen molar-refractivity contribution in [2.45, 2.75) is 12.7 Å². The van der Waals surface area contributed by atoms with E-state index in [1.54, 1.807) is 60.7 Å². The fraction of sp³-hybridized carbons (Fsp3) is 0.162. The molecule has 0 radical (unpaired) electrons. The van der Waals surface area contributed by atoms with Gasteiger partial charge in [0.2, 0.25) is 0 Å². The molecule has 2 aliphatic rings. The monoisotopic (exact) mass is 719 g/mol. The number of hydrogen-bond acceptors (Lipinski definition) is 6. The number of carbonyl (C=O) groups excluding carboxylic acids is 3. The van der Waals surface area contributed by atoms with Crippen molar-refractivity contribution in [3.63, 3.8) is 0 Å². The standard InChI is InChI=1S/C37H26Cl2F3N3O3S/c38-25-11-5-22(6-12-25)32(46)31-30(21-43-17-19-44(20-18-43)27-15-9-24(10-16-27)37(40,41)42)33(23-7-13-26(39)14-8-23)49-36(31)45-34(47)28-3-1-2-4-29(28)35(45)48/h1-16H,17-21H2. The summed E-state index contributed by atoms with van der Waals surface area (Å²) in [6.45, 7) is 2.49. The number of fused-ring (bicyclic) bond motifs is 1. The molecule has 3 heterocycles. The lowest BCUT2D eigenvalue weighted by molar-refractivity contribution is -0.137. The van der Waals surface area contributed by atoms with E-state index in [4.69, 9.17) is 23.2 Å². The first-order chi connectivity index (χ1) is 23.5. The number of hydrogen-bond donors (Lipinski definition) is 0. The second-order valence-corrected chi connectivity index (χ2v) is 13.6. The summed E-state index contributed by atoms with van der Waals surface area (Å²) < 4.78 is 39.4. The molecule has 4 aromatic carbocycles. The molecule has 0 N–H and O–H groups in total. The molecule has 5 aromatic rings. The number of rotatable bonds is 7. The van der Waals surface area contributed by atoms with Crippen LogP contribution in [0.4, 0.5) is 23.9 Å². The van der Waals surface area contributed by atoms with Gasteiger partial charge in [-0.15, -0.1) is 11.3 Å². The first-order valence-corrected chi connectivity index (χ1v) is 16.9. The van der Waals surface area contributed by atoms with Crippen LogP contribution in [0.15, 0.2) is 97.1 Å². The predicted molar refractivity (Wildman–Crippen MR) is 186 cm³/mol. The Hall–Kier alpha value is -4.48. The molecular weight excluding hydrogens is 694 g/mol. The van der Waals surface area contributed by atoms with Gasteiger partial charge >= 0.3 is 6.18 Å². The van der Waals surface area contributed by atoms with Gasteiger partial charge in [-0.25, -0.2) is 4.90 Å². The van der Waals surface area contributed by atoms with E-state index in [0.717, 1.165) is 22.6 Å². The topological polar surface area (TPSA) is 60.9 Å². The Morgan fingerprint density at radius 3 is 1.84 bits per heavy atom. The zero-order chi connectivity index (χ0) is 34.4.